The molecule has 0 radical (unpaired) electrons. The number of thiophene rings is 1. The summed E-state index contributed by atoms with van der Waals surface area (Å²) in [6, 6.07) is 4.51. The van der Waals surface area contributed by atoms with Gasteiger partial charge in [-0.25, -0.2) is 18.2 Å². The summed E-state index contributed by atoms with van der Waals surface area (Å²) in [6.45, 7) is 4.86. The lowest BCUT2D eigenvalue weighted by molar-refractivity contribution is 0.0697. The van der Waals surface area contributed by atoms with Gasteiger partial charge in [0.05, 0.1) is 11.9 Å². The van der Waals surface area contributed by atoms with E-state index in [0.717, 1.165) is 56.9 Å². The van der Waals surface area contributed by atoms with Crippen molar-refractivity contribution in [2.45, 2.75) is 29.9 Å². The number of sulfonamides is 1. The average molecular weight is 451 g/mol. The Hall–Kier alpha value is -2.17. The summed E-state index contributed by atoms with van der Waals surface area (Å²) in [5.41, 5.74) is 0.165. The van der Waals surface area contributed by atoms with Crippen LogP contribution in [0.5, 0.6) is 0 Å². The van der Waals surface area contributed by atoms with Gasteiger partial charge >= 0.3 is 5.97 Å². The molecule has 0 spiro atoms. The van der Waals surface area contributed by atoms with Crippen LogP contribution in [0, 0.1) is 5.92 Å². The number of carboxylic acids is 1. The molecule has 2 saturated heterocycles. The van der Waals surface area contributed by atoms with Crippen molar-refractivity contribution in [1.82, 2.24) is 9.88 Å². The molecule has 2 fully saturated rings. The number of anilines is 2. The number of pyridine rings is 1. The van der Waals surface area contributed by atoms with Gasteiger partial charge in [-0.05, 0) is 62.2 Å². The molecule has 0 aliphatic carbocycles. The Bertz CT molecular complexity index is 988. The van der Waals surface area contributed by atoms with Crippen LogP contribution in [0.3, 0.4) is 0 Å². The predicted molar refractivity (Wildman–Crippen MR) is 117 cm³/mol. The number of rotatable bonds is 7. The van der Waals surface area contributed by atoms with E-state index in [1.165, 1.54) is 31.2 Å². The predicted octanol–water partition coefficient (Wildman–Crippen LogP) is 2.95. The number of aromatic carboxylic acids is 1. The highest BCUT2D eigenvalue weighted by atomic mass is 32.2. The maximum atomic E-state index is 12.4. The van der Waals surface area contributed by atoms with Crippen molar-refractivity contribution in [1.29, 1.82) is 0 Å². The van der Waals surface area contributed by atoms with Crippen LogP contribution in [0.1, 0.15) is 36.0 Å². The van der Waals surface area contributed by atoms with E-state index < -0.39 is 16.0 Å². The minimum Gasteiger partial charge on any atom is -0.478 e. The Balaban J connectivity index is 1.52. The molecule has 0 amide bonds. The smallest absolute Gasteiger partial charge is 0.339 e. The third kappa shape index (κ3) is 4.76. The fourth-order valence-corrected chi connectivity index (χ4v) is 6.31. The van der Waals surface area contributed by atoms with Gasteiger partial charge in [0.25, 0.3) is 10.0 Å². The summed E-state index contributed by atoms with van der Waals surface area (Å²) in [4.78, 5) is 20.8. The third-order valence-corrected chi connectivity index (χ3v) is 8.42. The summed E-state index contributed by atoms with van der Waals surface area (Å²) in [5.74, 6) is -0.221. The number of likely N-dealkylation sites (tertiary alicyclic amines) is 1. The lowest BCUT2D eigenvalue weighted by Crippen LogP contribution is -2.41. The fraction of sp³-hybridized carbons (Fsp3) is 0.500. The van der Waals surface area contributed by atoms with E-state index in [1.807, 2.05) is 4.90 Å². The van der Waals surface area contributed by atoms with E-state index >= 15 is 0 Å². The highest BCUT2D eigenvalue weighted by molar-refractivity contribution is 7.94. The van der Waals surface area contributed by atoms with E-state index in [4.69, 9.17) is 0 Å². The second-order valence-corrected chi connectivity index (χ2v) is 10.8. The maximum absolute atomic E-state index is 12.4. The number of hydrogen-bond acceptors (Lipinski definition) is 7. The second kappa shape index (κ2) is 8.91. The van der Waals surface area contributed by atoms with Gasteiger partial charge in [0.15, 0.2) is 0 Å². The van der Waals surface area contributed by atoms with Gasteiger partial charge in [-0.15, -0.1) is 11.3 Å². The van der Waals surface area contributed by atoms with Crippen LogP contribution in [0.15, 0.2) is 34.0 Å². The van der Waals surface area contributed by atoms with Crippen molar-refractivity contribution in [2.75, 3.05) is 42.3 Å². The molecule has 1 atom stereocenters. The molecule has 0 aromatic carbocycles. The van der Waals surface area contributed by atoms with Crippen LogP contribution >= 0.6 is 11.3 Å². The molecule has 4 rings (SSSR count). The first-order valence-corrected chi connectivity index (χ1v) is 12.6. The quantitative estimate of drug-likeness (QED) is 0.668. The Morgan fingerprint density at radius 3 is 2.77 bits per heavy atom. The number of aromatic nitrogens is 1. The molecular formula is C20H26N4O4S2. The van der Waals surface area contributed by atoms with E-state index in [0.29, 0.717) is 11.7 Å². The molecule has 0 saturated carbocycles. The van der Waals surface area contributed by atoms with Crippen molar-refractivity contribution < 1.29 is 18.3 Å². The standard InChI is InChI=1S/C20H26N4O4S2/c25-20(26)17-11-16(22-30(27,28)18-6-4-10-29-18)12-21-19(17)24-9-3-5-15(14-24)13-23-7-1-2-8-23/h4,6,10-12,15,22H,1-3,5,7-9,13-14H2,(H,25,26)/t15-/m1/s1. The first-order valence-electron chi connectivity index (χ1n) is 10.2. The zero-order valence-electron chi connectivity index (χ0n) is 16.7. The van der Waals surface area contributed by atoms with Crippen LogP contribution in [0.4, 0.5) is 11.5 Å². The van der Waals surface area contributed by atoms with Crippen LogP contribution < -0.4 is 9.62 Å². The molecule has 0 bridgehead atoms. The van der Waals surface area contributed by atoms with Crippen molar-refractivity contribution in [2.24, 2.45) is 5.92 Å². The summed E-state index contributed by atoms with van der Waals surface area (Å²) in [5, 5.41) is 11.4. The van der Waals surface area contributed by atoms with E-state index in [-0.39, 0.29) is 15.5 Å². The summed E-state index contributed by atoms with van der Waals surface area (Å²) < 4.78 is 27.5. The zero-order chi connectivity index (χ0) is 21.1. The van der Waals surface area contributed by atoms with Gasteiger partial charge in [-0.2, -0.15) is 0 Å². The van der Waals surface area contributed by atoms with E-state index in [1.54, 1.807) is 11.4 Å². The largest absolute Gasteiger partial charge is 0.478 e. The Kier molecular flexibility index (Phi) is 6.26. The zero-order valence-corrected chi connectivity index (χ0v) is 18.3. The van der Waals surface area contributed by atoms with Crippen LogP contribution in [-0.4, -0.2) is 62.1 Å². The lowest BCUT2D eigenvalue weighted by atomic mass is 9.97. The molecule has 0 unspecified atom stereocenters. The molecule has 10 heteroatoms. The Labute approximate surface area is 180 Å². The summed E-state index contributed by atoms with van der Waals surface area (Å²) in [7, 11) is -3.76. The number of nitrogens with zero attached hydrogens (tertiary/aromatic N) is 3. The average Bonchev–Trinajstić information content (AvgIpc) is 3.42. The molecule has 2 aromatic rings. The Morgan fingerprint density at radius 2 is 2.07 bits per heavy atom. The van der Waals surface area contributed by atoms with Crippen LogP contribution in [-0.2, 0) is 10.0 Å². The fourth-order valence-electron chi connectivity index (χ4n) is 4.28. The number of carbonyl (C=O) groups is 1. The number of hydrogen-bond donors (Lipinski definition) is 2. The lowest BCUT2D eigenvalue weighted by Gasteiger charge is -2.36. The van der Waals surface area contributed by atoms with Crippen molar-refractivity contribution in [3.63, 3.8) is 0 Å². The molecule has 2 aliphatic rings. The second-order valence-electron chi connectivity index (χ2n) is 7.90. The summed E-state index contributed by atoms with van der Waals surface area (Å²) in [6.07, 6.45) is 6.03. The molecule has 2 aliphatic heterocycles. The first-order chi connectivity index (χ1) is 14.4. The Morgan fingerprint density at radius 1 is 1.27 bits per heavy atom. The van der Waals surface area contributed by atoms with Crippen molar-refractivity contribution in [3.05, 3.63) is 35.3 Å². The van der Waals surface area contributed by atoms with Crippen molar-refractivity contribution in [3.8, 4) is 0 Å². The van der Waals surface area contributed by atoms with Crippen molar-refractivity contribution >= 4 is 38.8 Å². The molecular weight excluding hydrogens is 424 g/mol. The molecule has 4 heterocycles. The minimum atomic E-state index is -3.76. The molecule has 30 heavy (non-hydrogen) atoms. The van der Waals surface area contributed by atoms with Gasteiger partial charge in [0.1, 0.15) is 15.6 Å². The van der Waals surface area contributed by atoms with E-state index in [9.17, 15) is 18.3 Å². The third-order valence-electron chi connectivity index (χ3n) is 5.64. The molecule has 162 valence electrons. The van der Waals surface area contributed by atoms with Gasteiger partial charge < -0.3 is 14.9 Å². The highest BCUT2D eigenvalue weighted by Gasteiger charge is 2.27. The normalized spacial score (nSPS) is 20.4. The monoisotopic (exact) mass is 450 g/mol. The summed E-state index contributed by atoms with van der Waals surface area (Å²) >= 11 is 1.10. The highest BCUT2D eigenvalue weighted by Crippen LogP contribution is 2.29. The molecule has 2 aromatic heterocycles. The van der Waals surface area contributed by atoms with E-state index in [2.05, 4.69) is 14.6 Å². The minimum absolute atomic E-state index is 0.0169. The van der Waals surface area contributed by atoms with Gasteiger partial charge in [0.2, 0.25) is 0 Å². The first kappa shape index (κ1) is 21.1. The number of carboxylic acid groups (broad SMARTS) is 1. The van der Waals surface area contributed by atoms with Gasteiger partial charge in [-0.3, -0.25) is 4.72 Å². The van der Waals surface area contributed by atoms with Gasteiger partial charge in [0, 0.05) is 19.6 Å². The maximum Gasteiger partial charge on any atom is 0.339 e. The van der Waals surface area contributed by atoms with Gasteiger partial charge in [-0.1, -0.05) is 6.07 Å². The molecule has 8 nitrogen and oxygen atoms in total. The number of piperidine rings is 1. The SMILES string of the molecule is O=C(O)c1cc(NS(=O)(=O)c2cccs2)cnc1N1CCC[C@H](CN2CCCC2)C1. The number of nitrogens with one attached hydrogen (secondary N) is 1. The van der Waals surface area contributed by atoms with Crippen LogP contribution in [0.2, 0.25) is 0 Å². The van der Waals surface area contributed by atoms with Crippen LogP contribution in [0.25, 0.3) is 0 Å². The topological polar surface area (TPSA) is 103 Å². The molecule has 2 N–H and O–H groups in total.